The summed E-state index contributed by atoms with van der Waals surface area (Å²) < 4.78 is 18.2. The zero-order valence-electron chi connectivity index (χ0n) is 16.9. The second-order valence-electron chi connectivity index (χ2n) is 7.30. The number of aryl methyl sites for hydroxylation is 1. The van der Waals surface area contributed by atoms with Crippen LogP contribution in [0.15, 0.2) is 59.1 Å². The summed E-state index contributed by atoms with van der Waals surface area (Å²) in [4.78, 5) is 41.8. The van der Waals surface area contributed by atoms with E-state index in [1.54, 1.807) is 47.1 Å². The molecule has 0 atom stereocenters. The van der Waals surface area contributed by atoms with Gasteiger partial charge in [-0.25, -0.2) is 4.39 Å². The topological polar surface area (TPSA) is 83.7 Å². The number of ketones is 1. The summed E-state index contributed by atoms with van der Waals surface area (Å²) in [6.45, 7) is 3.09. The van der Waals surface area contributed by atoms with Gasteiger partial charge in [0.15, 0.2) is 5.78 Å². The molecular weight excluding hydrogens is 401 g/mol. The van der Waals surface area contributed by atoms with Gasteiger partial charge in [-0.1, -0.05) is 23.4 Å². The molecule has 4 rings (SSSR count). The van der Waals surface area contributed by atoms with E-state index in [-0.39, 0.29) is 34.5 Å². The summed E-state index contributed by atoms with van der Waals surface area (Å²) in [5.74, 6) is -1.16. The van der Waals surface area contributed by atoms with E-state index in [0.29, 0.717) is 37.4 Å². The van der Waals surface area contributed by atoms with Gasteiger partial charge in [0.2, 0.25) is 5.76 Å². The highest BCUT2D eigenvalue weighted by atomic mass is 19.1. The minimum Gasteiger partial charge on any atom is -0.351 e. The molecule has 2 aromatic carbocycles. The number of benzene rings is 2. The summed E-state index contributed by atoms with van der Waals surface area (Å²) in [6.07, 6.45) is 0. The average Bonchev–Trinajstić information content (AvgIpc) is 3.24. The minimum absolute atomic E-state index is 0.174. The summed E-state index contributed by atoms with van der Waals surface area (Å²) >= 11 is 0. The summed E-state index contributed by atoms with van der Waals surface area (Å²) in [5.41, 5.74) is 1.47. The maximum atomic E-state index is 13.2. The van der Waals surface area contributed by atoms with Crippen molar-refractivity contribution >= 4 is 17.6 Å². The highest BCUT2D eigenvalue weighted by molar-refractivity contribution is 6.15. The van der Waals surface area contributed by atoms with Gasteiger partial charge in [-0.3, -0.25) is 14.4 Å². The van der Waals surface area contributed by atoms with Crippen LogP contribution in [0.4, 0.5) is 4.39 Å². The molecule has 1 aliphatic rings. The van der Waals surface area contributed by atoms with E-state index >= 15 is 0 Å². The molecule has 158 valence electrons. The van der Waals surface area contributed by atoms with E-state index < -0.39 is 5.82 Å². The van der Waals surface area contributed by atoms with Crippen LogP contribution >= 0.6 is 0 Å². The van der Waals surface area contributed by atoms with E-state index in [9.17, 15) is 18.8 Å². The van der Waals surface area contributed by atoms with Crippen LogP contribution in [0.3, 0.4) is 0 Å². The Bertz CT molecular complexity index is 1130. The van der Waals surface area contributed by atoms with E-state index in [4.69, 9.17) is 4.52 Å². The fourth-order valence-electron chi connectivity index (χ4n) is 3.53. The van der Waals surface area contributed by atoms with Crippen molar-refractivity contribution in [2.45, 2.75) is 6.92 Å². The van der Waals surface area contributed by atoms with Crippen LogP contribution in [-0.2, 0) is 0 Å². The Morgan fingerprint density at radius 1 is 0.871 bits per heavy atom. The van der Waals surface area contributed by atoms with E-state index in [0.717, 1.165) is 0 Å². The third-order valence-corrected chi connectivity index (χ3v) is 5.20. The molecule has 1 aromatic heterocycles. The van der Waals surface area contributed by atoms with Crippen LogP contribution in [0.2, 0.25) is 0 Å². The monoisotopic (exact) mass is 421 g/mol. The number of amides is 2. The number of hydrogen-bond acceptors (Lipinski definition) is 5. The lowest BCUT2D eigenvalue weighted by Gasteiger charge is -2.34. The van der Waals surface area contributed by atoms with Gasteiger partial charge < -0.3 is 14.3 Å². The number of hydrogen-bond donors (Lipinski definition) is 0. The predicted octanol–water partition coefficient (Wildman–Crippen LogP) is 2.95. The van der Waals surface area contributed by atoms with Gasteiger partial charge in [-0.2, -0.15) is 0 Å². The van der Waals surface area contributed by atoms with Crippen molar-refractivity contribution in [3.05, 3.63) is 88.6 Å². The van der Waals surface area contributed by atoms with E-state index in [1.807, 2.05) is 0 Å². The van der Waals surface area contributed by atoms with Gasteiger partial charge in [0.05, 0.1) is 11.3 Å². The highest BCUT2D eigenvalue weighted by Gasteiger charge is 2.29. The Morgan fingerprint density at radius 2 is 1.45 bits per heavy atom. The normalized spacial score (nSPS) is 13.9. The van der Waals surface area contributed by atoms with Crippen molar-refractivity contribution in [1.82, 2.24) is 15.0 Å². The first-order valence-electron chi connectivity index (χ1n) is 9.85. The Labute approximate surface area is 178 Å². The van der Waals surface area contributed by atoms with Crippen molar-refractivity contribution < 1.29 is 23.3 Å². The van der Waals surface area contributed by atoms with Crippen molar-refractivity contribution in [2.75, 3.05) is 26.2 Å². The number of carbonyl (C=O) groups is 3. The molecular formula is C23H20FN3O4. The Morgan fingerprint density at radius 3 is 2.03 bits per heavy atom. The summed E-state index contributed by atoms with van der Waals surface area (Å²) in [7, 11) is 0. The van der Waals surface area contributed by atoms with Gasteiger partial charge >= 0.3 is 0 Å². The van der Waals surface area contributed by atoms with Gasteiger partial charge in [-0.15, -0.1) is 0 Å². The SMILES string of the molecule is Cc1cc(C(=O)N2CCN(C(=O)c3ccccc3C(=O)c3ccc(F)cc3)CC2)on1. The van der Waals surface area contributed by atoms with Crippen molar-refractivity contribution in [1.29, 1.82) is 0 Å². The van der Waals surface area contributed by atoms with Gasteiger partial charge in [0.1, 0.15) is 5.82 Å². The lowest BCUT2D eigenvalue weighted by Crippen LogP contribution is -2.50. The smallest absolute Gasteiger partial charge is 0.292 e. The fraction of sp³-hybridized carbons (Fsp3) is 0.217. The van der Waals surface area contributed by atoms with Crippen molar-refractivity contribution in [3.63, 3.8) is 0 Å². The molecule has 8 heteroatoms. The van der Waals surface area contributed by atoms with Crippen molar-refractivity contribution in [3.8, 4) is 0 Å². The molecule has 0 radical (unpaired) electrons. The molecule has 31 heavy (non-hydrogen) atoms. The quantitative estimate of drug-likeness (QED) is 0.605. The highest BCUT2D eigenvalue weighted by Crippen LogP contribution is 2.19. The number of carbonyl (C=O) groups excluding carboxylic acids is 3. The Balaban J connectivity index is 1.48. The average molecular weight is 421 g/mol. The minimum atomic E-state index is -0.436. The standard InChI is InChI=1S/C23H20FN3O4/c1-15-14-20(31-25-15)23(30)27-12-10-26(11-13-27)22(29)19-5-3-2-4-18(19)21(28)16-6-8-17(24)9-7-16/h2-9,14H,10-13H2,1H3. The van der Waals surface area contributed by atoms with Crippen LogP contribution < -0.4 is 0 Å². The molecule has 0 N–H and O–H groups in total. The maximum absolute atomic E-state index is 13.2. The molecule has 0 aliphatic carbocycles. The van der Waals surface area contributed by atoms with Crippen LogP contribution in [0.25, 0.3) is 0 Å². The third-order valence-electron chi connectivity index (χ3n) is 5.20. The summed E-state index contributed by atoms with van der Waals surface area (Å²) in [6, 6.07) is 13.4. The maximum Gasteiger partial charge on any atom is 0.292 e. The second kappa shape index (κ2) is 8.51. The molecule has 2 amide bonds. The Kier molecular flexibility index (Phi) is 5.62. The number of nitrogens with zero attached hydrogens (tertiary/aromatic N) is 3. The van der Waals surface area contributed by atoms with E-state index in [1.165, 1.54) is 24.3 Å². The molecule has 7 nitrogen and oxygen atoms in total. The number of halogens is 1. The molecule has 1 aliphatic heterocycles. The molecule has 2 heterocycles. The molecule has 3 aromatic rings. The zero-order valence-corrected chi connectivity index (χ0v) is 16.9. The molecule has 0 unspecified atom stereocenters. The first-order chi connectivity index (χ1) is 14.9. The second-order valence-corrected chi connectivity index (χ2v) is 7.30. The largest absolute Gasteiger partial charge is 0.351 e. The lowest BCUT2D eigenvalue weighted by atomic mass is 9.97. The van der Waals surface area contributed by atoms with Crippen LogP contribution in [0, 0.1) is 12.7 Å². The number of aromatic nitrogens is 1. The fourth-order valence-corrected chi connectivity index (χ4v) is 3.53. The van der Waals surface area contributed by atoms with Crippen molar-refractivity contribution in [2.24, 2.45) is 0 Å². The Hall–Kier alpha value is -3.81. The molecule has 1 fully saturated rings. The van der Waals surface area contributed by atoms with Crippen LogP contribution in [-0.4, -0.2) is 58.7 Å². The van der Waals surface area contributed by atoms with Crippen LogP contribution in [0.5, 0.6) is 0 Å². The number of rotatable bonds is 4. The molecule has 0 spiro atoms. The first kappa shape index (κ1) is 20.5. The van der Waals surface area contributed by atoms with Gasteiger partial charge in [0.25, 0.3) is 11.8 Å². The van der Waals surface area contributed by atoms with Crippen LogP contribution in [0.1, 0.15) is 42.5 Å². The number of piperazine rings is 1. The molecule has 0 saturated carbocycles. The molecule has 1 saturated heterocycles. The van der Waals surface area contributed by atoms with Gasteiger partial charge in [0, 0.05) is 43.4 Å². The predicted molar refractivity (Wildman–Crippen MR) is 109 cm³/mol. The summed E-state index contributed by atoms with van der Waals surface area (Å²) in [5, 5.41) is 3.73. The van der Waals surface area contributed by atoms with E-state index in [2.05, 4.69) is 5.16 Å². The lowest BCUT2D eigenvalue weighted by molar-refractivity contribution is 0.0512. The third kappa shape index (κ3) is 4.23. The first-order valence-corrected chi connectivity index (χ1v) is 9.85. The zero-order chi connectivity index (χ0) is 22.0. The molecule has 0 bridgehead atoms. The van der Waals surface area contributed by atoms with Gasteiger partial charge in [-0.05, 0) is 37.3 Å².